The monoisotopic (exact) mass is 329 g/mol. The van der Waals surface area contributed by atoms with Crippen molar-refractivity contribution >= 4 is 5.91 Å². The standard InChI is InChI=1S/C18H20FN3O2/c1-13-20-8-7-16(21-13)17-12-22(9-10-24-17)18(23)6-5-14-3-2-4-15(19)11-14/h2-4,7-8,11,17H,5-6,9-10,12H2,1H3/t17-/m0/s1. The second-order valence-corrected chi connectivity index (χ2v) is 5.86. The molecular formula is C18H20FN3O2. The number of rotatable bonds is 4. The van der Waals surface area contributed by atoms with Crippen LogP contribution in [0.3, 0.4) is 0 Å². The molecule has 1 fully saturated rings. The Kier molecular flexibility index (Phi) is 5.15. The van der Waals surface area contributed by atoms with Gasteiger partial charge in [-0.3, -0.25) is 4.79 Å². The summed E-state index contributed by atoms with van der Waals surface area (Å²) in [5.74, 6) is 0.467. The van der Waals surface area contributed by atoms with Crippen molar-refractivity contribution < 1.29 is 13.9 Å². The molecule has 1 aliphatic heterocycles. The summed E-state index contributed by atoms with van der Waals surface area (Å²) in [6.45, 7) is 3.37. The third-order valence-electron chi connectivity index (χ3n) is 4.06. The van der Waals surface area contributed by atoms with Gasteiger partial charge in [0.05, 0.1) is 18.8 Å². The van der Waals surface area contributed by atoms with Crippen LogP contribution in [0.25, 0.3) is 0 Å². The predicted octanol–water partition coefficient (Wildman–Crippen LogP) is 2.46. The van der Waals surface area contributed by atoms with E-state index in [2.05, 4.69) is 9.97 Å². The number of aromatic nitrogens is 2. The van der Waals surface area contributed by atoms with Crippen LogP contribution in [-0.4, -0.2) is 40.5 Å². The van der Waals surface area contributed by atoms with E-state index in [1.54, 1.807) is 17.2 Å². The number of ether oxygens (including phenoxy) is 1. The minimum atomic E-state index is -0.273. The number of benzene rings is 1. The molecule has 1 aromatic carbocycles. The quantitative estimate of drug-likeness (QED) is 0.865. The van der Waals surface area contributed by atoms with Crippen LogP contribution in [0.5, 0.6) is 0 Å². The van der Waals surface area contributed by atoms with Crippen molar-refractivity contribution in [3.63, 3.8) is 0 Å². The number of halogens is 1. The Morgan fingerprint density at radius 3 is 3.08 bits per heavy atom. The second-order valence-electron chi connectivity index (χ2n) is 5.86. The molecule has 0 spiro atoms. The van der Waals surface area contributed by atoms with Crippen LogP contribution in [0.4, 0.5) is 4.39 Å². The lowest BCUT2D eigenvalue weighted by atomic mass is 10.1. The molecule has 5 nitrogen and oxygen atoms in total. The lowest BCUT2D eigenvalue weighted by Gasteiger charge is -2.32. The fourth-order valence-corrected chi connectivity index (χ4v) is 2.81. The largest absolute Gasteiger partial charge is 0.368 e. The molecule has 3 rings (SSSR count). The van der Waals surface area contributed by atoms with Gasteiger partial charge in [-0.15, -0.1) is 0 Å². The molecule has 1 atom stereocenters. The molecule has 6 heteroatoms. The average Bonchev–Trinajstić information content (AvgIpc) is 2.60. The van der Waals surface area contributed by atoms with Gasteiger partial charge in [0, 0.05) is 19.2 Å². The Labute approximate surface area is 140 Å². The van der Waals surface area contributed by atoms with Crippen molar-refractivity contribution in [1.82, 2.24) is 14.9 Å². The van der Waals surface area contributed by atoms with Crippen molar-refractivity contribution in [3.05, 3.63) is 59.4 Å². The first-order chi connectivity index (χ1) is 11.6. The molecule has 126 valence electrons. The van der Waals surface area contributed by atoms with Gasteiger partial charge in [0.15, 0.2) is 0 Å². The number of hydrogen-bond acceptors (Lipinski definition) is 4. The smallest absolute Gasteiger partial charge is 0.223 e. The molecule has 0 saturated carbocycles. The van der Waals surface area contributed by atoms with E-state index in [1.807, 2.05) is 19.1 Å². The second kappa shape index (κ2) is 7.49. The summed E-state index contributed by atoms with van der Waals surface area (Å²) in [5, 5.41) is 0. The van der Waals surface area contributed by atoms with E-state index < -0.39 is 0 Å². The highest BCUT2D eigenvalue weighted by molar-refractivity contribution is 5.76. The van der Waals surface area contributed by atoms with E-state index in [-0.39, 0.29) is 17.8 Å². The Hall–Kier alpha value is -2.34. The molecule has 0 bridgehead atoms. The molecule has 1 saturated heterocycles. The van der Waals surface area contributed by atoms with Crippen molar-refractivity contribution in [2.45, 2.75) is 25.9 Å². The lowest BCUT2D eigenvalue weighted by Crippen LogP contribution is -2.42. The number of nitrogens with zero attached hydrogens (tertiary/aromatic N) is 3. The van der Waals surface area contributed by atoms with E-state index in [4.69, 9.17) is 4.74 Å². The van der Waals surface area contributed by atoms with Gasteiger partial charge in [-0.1, -0.05) is 12.1 Å². The highest BCUT2D eigenvalue weighted by atomic mass is 19.1. The molecule has 0 radical (unpaired) electrons. The van der Waals surface area contributed by atoms with Gasteiger partial charge in [0.25, 0.3) is 0 Å². The molecule has 2 aromatic rings. The molecule has 0 unspecified atom stereocenters. The van der Waals surface area contributed by atoms with Crippen LogP contribution in [-0.2, 0) is 16.0 Å². The Balaban J connectivity index is 1.59. The maximum absolute atomic E-state index is 13.2. The predicted molar refractivity (Wildman–Crippen MR) is 86.8 cm³/mol. The molecule has 24 heavy (non-hydrogen) atoms. The summed E-state index contributed by atoms with van der Waals surface area (Å²) in [4.78, 5) is 22.7. The van der Waals surface area contributed by atoms with E-state index in [9.17, 15) is 9.18 Å². The van der Waals surface area contributed by atoms with Crippen molar-refractivity contribution in [3.8, 4) is 0 Å². The van der Waals surface area contributed by atoms with E-state index >= 15 is 0 Å². The maximum atomic E-state index is 13.2. The van der Waals surface area contributed by atoms with E-state index in [0.717, 1.165) is 11.3 Å². The molecular weight excluding hydrogens is 309 g/mol. The number of amides is 1. The fraction of sp³-hybridized carbons (Fsp3) is 0.389. The third kappa shape index (κ3) is 4.14. The van der Waals surface area contributed by atoms with Gasteiger partial charge in [-0.05, 0) is 37.1 Å². The summed E-state index contributed by atoms with van der Waals surface area (Å²) in [7, 11) is 0. The normalized spacial score (nSPS) is 17.8. The molecule has 0 aliphatic carbocycles. The lowest BCUT2D eigenvalue weighted by molar-refractivity contribution is -0.139. The van der Waals surface area contributed by atoms with Gasteiger partial charge >= 0.3 is 0 Å². The highest BCUT2D eigenvalue weighted by Crippen LogP contribution is 2.21. The van der Waals surface area contributed by atoms with Crippen molar-refractivity contribution in [2.24, 2.45) is 0 Å². The van der Waals surface area contributed by atoms with Crippen LogP contribution in [0, 0.1) is 12.7 Å². The van der Waals surface area contributed by atoms with Gasteiger partial charge in [-0.2, -0.15) is 0 Å². The summed E-state index contributed by atoms with van der Waals surface area (Å²) in [6.07, 6.45) is 2.37. The minimum absolute atomic E-state index is 0.0540. The average molecular weight is 329 g/mol. The van der Waals surface area contributed by atoms with Gasteiger partial charge in [0.1, 0.15) is 17.7 Å². The molecule has 2 heterocycles. The van der Waals surface area contributed by atoms with E-state index in [0.29, 0.717) is 38.4 Å². The first-order valence-electron chi connectivity index (χ1n) is 8.05. The zero-order valence-electron chi connectivity index (χ0n) is 13.6. The third-order valence-corrected chi connectivity index (χ3v) is 4.06. The summed E-state index contributed by atoms with van der Waals surface area (Å²) >= 11 is 0. The number of aryl methyl sites for hydroxylation is 2. The minimum Gasteiger partial charge on any atom is -0.368 e. The van der Waals surface area contributed by atoms with Crippen molar-refractivity contribution in [1.29, 1.82) is 0 Å². The number of morpholine rings is 1. The van der Waals surface area contributed by atoms with Crippen LogP contribution < -0.4 is 0 Å². The first-order valence-corrected chi connectivity index (χ1v) is 8.05. The molecule has 1 aromatic heterocycles. The van der Waals surface area contributed by atoms with Gasteiger partial charge in [0.2, 0.25) is 5.91 Å². The number of carbonyl (C=O) groups is 1. The van der Waals surface area contributed by atoms with Gasteiger partial charge < -0.3 is 9.64 Å². The SMILES string of the molecule is Cc1nccc([C@@H]2CN(C(=O)CCc3cccc(F)c3)CCO2)n1. The summed E-state index contributed by atoms with van der Waals surface area (Å²) in [6, 6.07) is 8.19. The van der Waals surface area contributed by atoms with Crippen LogP contribution in [0.1, 0.15) is 29.6 Å². The fourth-order valence-electron chi connectivity index (χ4n) is 2.81. The molecule has 1 aliphatic rings. The topological polar surface area (TPSA) is 55.3 Å². The first kappa shape index (κ1) is 16.5. The van der Waals surface area contributed by atoms with E-state index in [1.165, 1.54) is 12.1 Å². The zero-order chi connectivity index (χ0) is 16.9. The zero-order valence-corrected chi connectivity index (χ0v) is 13.6. The molecule has 1 amide bonds. The summed E-state index contributed by atoms with van der Waals surface area (Å²) in [5.41, 5.74) is 1.63. The number of hydrogen-bond donors (Lipinski definition) is 0. The van der Waals surface area contributed by atoms with Crippen LogP contribution in [0.2, 0.25) is 0 Å². The number of carbonyl (C=O) groups excluding carboxylic acids is 1. The summed E-state index contributed by atoms with van der Waals surface area (Å²) < 4.78 is 18.9. The Bertz CT molecular complexity index is 723. The Morgan fingerprint density at radius 1 is 1.42 bits per heavy atom. The Morgan fingerprint density at radius 2 is 2.29 bits per heavy atom. The molecule has 0 N–H and O–H groups in total. The van der Waals surface area contributed by atoms with Crippen molar-refractivity contribution in [2.75, 3.05) is 19.7 Å². The van der Waals surface area contributed by atoms with Crippen LogP contribution >= 0.6 is 0 Å². The maximum Gasteiger partial charge on any atom is 0.223 e. The van der Waals surface area contributed by atoms with Crippen LogP contribution in [0.15, 0.2) is 36.5 Å². The van der Waals surface area contributed by atoms with Gasteiger partial charge in [-0.25, -0.2) is 14.4 Å². The highest BCUT2D eigenvalue weighted by Gasteiger charge is 2.26.